The minimum atomic E-state index is -0.479. The topological polar surface area (TPSA) is 71.1 Å². The highest BCUT2D eigenvalue weighted by atomic mass is 32.1. The van der Waals surface area contributed by atoms with Crippen LogP contribution in [0.2, 0.25) is 0 Å². The van der Waals surface area contributed by atoms with E-state index in [1.807, 2.05) is 58.0 Å². The van der Waals surface area contributed by atoms with E-state index in [1.54, 1.807) is 11.3 Å². The van der Waals surface area contributed by atoms with Gasteiger partial charge in [0, 0.05) is 5.41 Å². The summed E-state index contributed by atoms with van der Waals surface area (Å²) in [4.78, 5) is 29.8. The fourth-order valence-corrected chi connectivity index (χ4v) is 4.19. The van der Waals surface area contributed by atoms with Crippen molar-refractivity contribution in [1.29, 1.82) is 0 Å². The summed E-state index contributed by atoms with van der Waals surface area (Å²) in [6.07, 6.45) is 0. The van der Waals surface area contributed by atoms with E-state index in [-0.39, 0.29) is 11.8 Å². The Morgan fingerprint density at radius 2 is 1.88 bits per heavy atom. The van der Waals surface area contributed by atoms with Crippen LogP contribution in [0.3, 0.4) is 0 Å². The minimum Gasteiger partial charge on any atom is -0.345 e. The number of carbonyl (C=O) groups is 2. The number of carbonyl (C=O) groups excluding carboxylic acids is 2. The van der Waals surface area contributed by atoms with E-state index < -0.39 is 5.41 Å². The number of amides is 2. The maximum Gasteiger partial charge on any atom is 0.262 e. The summed E-state index contributed by atoms with van der Waals surface area (Å²) in [5, 5.41) is 7.36. The number of nitrogens with one attached hydrogen (secondary N) is 2. The van der Waals surface area contributed by atoms with Crippen LogP contribution in [0.25, 0.3) is 10.2 Å². The van der Waals surface area contributed by atoms with Gasteiger partial charge >= 0.3 is 0 Å². The highest BCUT2D eigenvalue weighted by molar-refractivity contribution is 7.18. The van der Waals surface area contributed by atoms with E-state index in [0.29, 0.717) is 16.4 Å². The van der Waals surface area contributed by atoms with Crippen molar-refractivity contribution in [2.45, 2.75) is 34.2 Å². The summed E-state index contributed by atoms with van der Waals surface area (Å²) in [5.74, 6) is -0.219. The van der Waals surface area contributed by atoms with Crippen molar-refractivity contribution in [3.63, 3.8) is 0 Å². The molecule has 3 rings (SSSR count). The van der Waals surface area contributed by atoms with Gasteiger partial charge in [0.2, 0.25) is 5.91 Å². The van der Waals surface area contributed by atoms with Gasteiger partial charge in [0.05, 0.1) is 26.6 Å². The Morgan fingerprint density at radius 1 is 1.15 bits per heavy atom. The van der Waals surface area contributed by atoms with Crippen LogP contribution in [0.1, 0.15) is 41.0 Å². The van der Waals surface area contributed by atoms with Crippen molar-refractivity contribution in [3.8, 4) is 0 Å². The summed E-state index contributed by atoms with van der Waals surface area (Å²) in [6, 6.07) is 9.75. The first-order chi connectivity index (χ1) is 12.2. The van der Waals surface area contributed by atoms with E-state index in [9.17, 15) is 9.59 Å². The molecule has 2 amide bonds. The first-order valence-corrected chi connectivity index (χ1v) is 9.92. The molecule has 0 aliphatic carbocycles. The van der Waals surface area contributed by atoms with Crippen LogP contribution < -0.4 is 10.6 Å². The monoisotopic (exact) mass is 387 g/mol. The molecule has 26 heavy (non-hydrogen) atoms. The quantitative estimate of drug-likeness (QED) is 0.688. The third-order valence-corrected chi connectivity index (χ3v) is 5.97. The predicted molar refractivity (Wildman–Crippen MR) is 108 cm³/mol. The lowest BCUT2D eigenvalue weighted by Crippen LogP contribution is -2.27. The summed E-state index contributed by atoms with van der Waals surface area (Å²) in [5.41, 5.74) is 1.31. The number of anilines is 1. The van der Waals surface area contributed by atoms with Crippen LogP contribution in [0.5, 0.6) is 0 Å². The SMILES string of the molecule is Cc1cc(NC(=O)C(C)(C)C)sc1C(=O)NCc1nc2ccccc2s1. The van der Waals surface area contributed by atoms with Gasteiger partial charge in [0.15, 0.2) is 0 Å². The maximum atomic E-state index is 12.5. The number of hydrogen-bond donors (Lipinski definition) is 2. The summed E-state index contributed by atoms with van der Waals surface area (Å²) < 4.78 is 1.11. The van der Waals surface area contributed by atoms with Crippen LogP contribution in [0, 0.1) is 12.3 Å². The number of aryl methyl sites for hydroxylation is 1. The van der Waals surface area contributed by atoms with E-state index in [2.05, 4.69) is 15.6 Å². The second-order valence-corrected chi connectivity index (χ2v) is 9.25. The summed E-state index contributed by atoms with van der Waals surface area (Å²) in [6.45, 7) is 7.83. The van der Waals surface area contributed by atoms with Gasteiger partial charge in [-0.25, -0.2) is 4.98 Å². The lowest BCUT2D eigenvalue weighted by atomic mass is 9.96. The predicted octanol–water partition coefficient (Wildman–Crippen LogP) is 4.58. The molecule has 1 aromatic carbocycles. The van der Waals surface area contributed by atoms with Crippen molar-refractivity contribution in [1.82, 2.24) is 10.3 Å². The lowest BCUT2D eigenvalue weighted by Gasteiger charge is -2.16. The number of aromatic nitrogens is 1. The number of fused-ring (bicyclic) bond motifs is 1. The molecule has 7 heteroatoms. The van der Waals surface area contributed by atoms with Gasteiger partial charge in [-0.1, -0.05) is 32.9 Å². The molecule has 0 saturated heterocycles. The number of nitrogens with zero attached hydrogens (tertiary/aromatic N) is 1. The molecule has 0 aliphatic heterocycles. The molecular weight excluding hydrogens is 366 g/mol. The molecule has 2 aromatic heterocycles. The first kappa shape index (κ1) is 18.5. The second kappa shape index (κ2) is 7.17. The number of hydrogen-bond acceptors (Lipinski definition) is 5. The minimum absolute atomic E-state index is 0.0693. The van der Waals surface area contributed by atoms with Gasteiger partial charge in [0.1, 0.15) is 5.01 Å². The van der Waals surface area contributed by atoms with Crippen LogP contribution in [0.4, 0.5) is 5.00 Å². The van der Waals surface area contributed by atoms with E-state index in [4.69, 9.17) is 0 Å². The largest absolute Gasteiger partial charge is 0.345 e. The number of rotatable bonds is 4. The molecule has 136 valence electrons. The van der Waals surface area contributed by atoms with E-state index in [1.165, 1.54) is 11.3 Å². The fraction of sp³-hybridized carbons (Fsp3) is 0.316. The summed E-state index contributed by atoms with van der Waals surface area (Å²) in [7, 11) is 0. The Labute approximate surface area is 160 Å². The fourth-order valence-electron chi connectivity index (χ4n) is 2.30. The zero-order valence-electron chi connectivity index (χ0n) is 15.2. The summed E-state index contributed by atoms with van der Waals surface area (Å²) >= 11 is 2.87. The molecule has 0 unspecified atom stereocenters. The molecule has 0 aliphatic rings. The Hall–Kier alpha value is -2.25. The van der Waals surface area contributed by atoms with Crippen LogP contribution in [-0.2, 0) is 11.3 Å². The average Bonchev–Trinajstić information content (AvgIpc) is 3.14. The third-order valence-electron chi connectivity index (χ3n) is 3.78. The van der Waals surface area contributed by atoms with Crippen molar-refractivity contribution in [2.75, 3.05) is 5.32 Å². The van der Waals surface area contributed by atoms with Crippen molar-refractivity contribution < 1.29 is 9.59 Å². The Morgan fingerprint density at radius 3 is 2.58 bits per heavy atom. The van der Waals surface area contributed by atoms with Gasteiger partial charge < -0.3 is 10.6 Å². The lowest BCUT2D eigenvalue weighted by molar-refractivity contribution is -0.123. The molecule has 0 fully saturated rings. The molecule has 0 bridgehead atoms. The highest BCUT2D eigenvalue weighted by Crippen LogP contribution is 2.28. The molecule has 0 atom stereocenters. The van der Waals surface area contributed by atoms with E-state index >= 15 is 0 Å². The molecular formula is C19H21N3O2S2. The highest BCUT2D eigenvalue weighted by Gasteiger charge is 2.23. The van der Waals surface area contributed by atoms with Crippen molar-refractivity contribution >= 4 is 49.7 Å². The number of thiazole rings is 1. The smallest absolute Gasteiger partial charge is 0.262 e. The van der Waals surface area contributed by atoms with Gasteiger partial charge in [-0.05, 0) is 30.7 Å². The standard InChI is InChI=1S/C19H21N3O2S2/c1-11-9-14(22-18(24)19(2,3)4)26-16(11)17(23)20-10-15-21-12-7-5-6-8-13(12)25-15/h5-9H,10H2,1-4H3,(H,20,23)(H,22,24). The zero-order valence-corrected chi connectivity index (χ0v) is 16.8. The number of thiophene rings is 1. The Balaban J connectivity index is 1.67. The van der Waals surface area contributed by atoms with Crippen LogP contribution in [0.15, 0.2) is 30.3 Å². The van der Waals surface area contributed by atoms with Gasteiger partial charge in [-0.3, -0.25) is 9.59 Å². The Bertz CT molecular complexity index is 934. The molecule has 2 heterocycles. The number of para-hydroxylation sites is 1. The molecule has 2 N–H and O–H groups in total. The van der Waals surface area contributed by atoms with E-state index in [0.717, 1.165) is 20.8 Å². The molecule has 3 aromatic rings. The van der Waals surface area contributed by atoms with Crippen LogP contribution >= 0.6 is 22.7 Å². The molecule has 5 nitrogen and oxygen atoms in total. The molecule has 0 saturated carbocycles. The molecule has 0 spiro atoms. The zero-order chi connectivity index (χ0) is 18.9. The average molecular weight is 388 g/mol. The van der Waals surface area contributed by atoms with Gasteiger partial charge in [-0.2, -0.15) is 0 Å². The molecule has 0 radical (unpaired) electrons. The number of benzene rings is 1. The van der Waals surface area contributed by atoms with Gasteiger partial charge in [0.25, 0.3) is 5.91 Å². The second-order valence-electron chi connectivity index (χ2n) is 7.08. The van der Waals surface area contributed by atoms with Crippen molar-refractivity contribution in [3.05, 3.63) is 45.8 Å². The first-order valence-electron chi connectivity index (χ1n) is 8.28. The van der Waals surface area contributed by atoms with Crippen molar-refractivity contribution in [2.24, 2.45) is 5.41 Å². The maximum absolute atomic E-state index is 12.5. The van der Waals surface area contributed by atoms with Gasteiger partial charge in [-0.15, -0.1) is 22.7 Å². The third kappa shape index (κ3) is 4.11. The van der Waals surface area contributed by atoms with Crippen LogP contribution in [-0.4, -0.2) is 16.8 Å². The Kier molecular flexibility index (Phi) is 5.11. The normalized spacial score (nSPS) is 11.5.